The fourth-order valence-electron chi connectivity index (χ4n) is 4.30. The molecule has 11 heteroatoms. The van der Waals surface area contributed by atoms with E-state index in [2.05, 4.69) is 4.99 Å². The number of esters is 1. The predicted octanol–water partition coefficient (Wildman–Crippen LogP) is 4.62. The first kappa shape index (κ1) is 25.4. The zero-order chi connectivity index (χ0) is 27.0. The number of nitro benzene ring substituents is 1. The van der Waals surface area contributed by atoms with Gasteiger partial charge in [-0.05, 0) is 49.7 Å². The van der Waals surface area contributed by atoms with Crippen LogP contribution in [0.25, 0.3) is 17.4 Å². The zero-order valence-electron chi connectivity index (χ0n) is 20.2. The van der Waals surface area contributed by atoms with Crippen molar-refractivity contribution in [3.63, 3.8) is 0 Å². The maximum absolute atomic E-state index is 13.7. The molecule has 0 saturated heterocycles. The number of aromatic nitrogens is 1. The summed E-state index contributed by atoms with van der Waals surface area (Å²) in [6.45, 7) is 3.59. The number of furan rings is 1. The van der Waals surface area contributed by atoms with Gasteiger partial charge in [0.25, 0.3) is 11.2 Å². The summed E-state index contributed by atoms with van der Waals surface area (Å²) in [5.74, 6) is 0.0895. The Morgan fingerprint density at radius 2 is 1.95 bits per heavy atom. The van der Waals surface area contributed by atoms with Gasteiger partial charge in [-0.25, -0.2) is 9.79 Å². The van der Waals surface area contributed by atoms with Gasteiger partial charge in [0.15, 0.2) is 4.80 Å². The molecular weight excluding hydrogens is 530 g/mol. The Balaban J connectivity index is 1.64. The molecule has 1 aliphatic rings. The van der Waals surface area contributed by atoms with Gasteiger partial charge in [0.05, 0.1) is 38.9 Å². The second-order valence-corrected chi connectivity index (χ2v) is 9.78. The number of thiazole rings is 1. The molecule has 3 heterocycles. The number of benzene rings is 2. The monoisotopic (exact) mass is 549 g/mol. The Hall–Kier alpha value is -4.28. The van der Waals surface area contributed by atoms with Crippen molar-refractivity contribution in [2.75, 3.05) is 6.61 Å². The smallest absolute Gasteiger partial charge is 0.338 e. The van der Waals surface area contributed by atoms with Crippen molar-refractivity contribution in [3.8, 4) is 11.3 Å². The molecule has 0 aliphatic carbocycles. The van der Waals surface area contributed by atoms with E-state index in [9.17, 15) is 19.7 Å². The molecule has 2 aromatic carbocycles. The lowest BCUT2D eigenvalue weighted by Crippen LogP contribution is -2.39. The number of hydrogen-bond acceptors (Lipinski definition) is 8. The van der Waals surface area contributed by atoms with Gasteiger partial charge in [-0.3, -0.25) is 19.5 Å². The lowest BCUT2D eigenvalue weighted by atomic mass is 9.96. The van der Waals surface area contributed by atoms with Crippen molar-refractivity contribution in [3.05, 3.63) is 118 Å². The van der Waals surface area contributed by atoms with Gasteiger partial charge in [0, 0.05) is 17.2 Å². The highest BCUT2D eigenvalue weighted by Crippen LogP contribution is 2.32. The van der Waals surface area contributed by atoms with Gasteiger partial charge in [0.2, 0.25) is 0 Å². The Morgan fingerprint density at radius 1 is 1.21 bits per heavy atom. The summed E-state index contributed by atoms with van der Waals surface area (Å²) in [6.07, 6.45) is 1.56. The third kappa shape index (κ3) is 4.59. The molecule has 2 aromatic heterocycles. The normalized spacial score (nSPS) is 15.2. The van der Waals surface area contributed by atoms with Crippen LogP contribution >= 0.6 is 22.9 Å². The number of carbonyl (C=O) groups is 1. The third-order valence-electron chi connectivity index (χ3n) is 5.97. The van der Waals surface area contributed by atoms with E-state index in [0.29, 0.717) is 42.7 Å². The predicted molar refractivity (Wildman–Crippen MR) is 143 cm³/mol. The lowest BCUT2D eigenvalue weighted by molar-refractivity contribution is -0.384. The number of ether oxygens (including phenoxy) is 1. The van der Waals surface area contributed by atoms with Crippen molar-refractivity contribution in [2.45, 2.75) is 19.9 Å². The van der Waals surface area contributed by atoms with Crippen LogP contribution in [0.2, 0.25) is 5.02 Å². The molecular formula is C27H20ClN3O6S. The lowest BCUT2D eigenvalue weighted by Gasteiger charge is -2.24. The van der Waals surface area contributed by atoms with Crippen LogP contribution < -0.4 is 14.9 Å². The zero-order valence-corrected chi connectivity index (χ0v) is 21.8. The minimum absolute atomic E-state index is 0.0855. The maximum atomic E-state index is 13.7. The number of nitrogens with zero attached hydrogens (tertiary/aromatic N) is 3. The Labute approximate surface area is 224 Å². The number of para-hydroxylation sites is 1. The van der Waals surface area contributed by atoms with E-state index in [1.54, 1.807) is 74.5 Å². The van der Waals surface area contributed by atoms with Gasteiger partial charge >= 0.3 is 5.97 Å². The van der Waals surface area contributed by atoms with Gasteiger partial charge in [0.1, 0.15) is 11.5 Å². The molecule has 0 fully saturated rings. The Kier molecular flexibility index (Phi) is 6.83. The van der Waals surface area contributed by atoms with E-state index in [1.807, 2.05) is 0 Å². The van der Waals surface area contributed by atoms with Crippen LogP contribution in [-0.4, -0.2) is 22.1 Å². The average molecular weight is 550 g/mol. The molecule has 0 amide bonds. The fraction of sp³-hybridized carbons (Fsp3) is 0.148. The van der Waals surface area contributed by atoms with Gasteiger partial charge in [-0.15, -0.1) is 0 Å². The molecule has 0 spiro atoms. The van der Waals surface area contributed by atoms with E-state index in [1.165, 1.54) is 10.6 Å². The molecule has 192 valence electrons. The van der Waals surface area contributed by atoms with Crippen molar-refractivity contribution < 1.29 is 18.9 Å². The quantitative estimate of drug-likeness (QED) is 0.197. The van der Waals surface area contributed by atoms with Crippen LogP contribution in [0.4, 0.5) is 5.69 Å². The van der Waals surface area contributed by atoms with Crippen LogP contribution in [0.3, 0.4) is 0 Å². The van der Waals surface area contributed by atoms with E-state index in [-0.39, 0.29) is 23.4 Å². The highest BCUT2D eigenvalue weighted by atomic mass is 35.5. The third-order valence-corrected chi connectivity index (χ3v) is 7.20. The average Bonchev–Trinajstić information content (AvgIpc) is 3.48. The summed E-state index contributed by atoms with van der Waals surface area (Å²) in [5.41, 5.74) is 1.27. The summed E-state index contributed by atoms with van der Waals surface area (Å²) >= 11 is 7.24. The molecule has 38 heavy (non-hydrogen) atoms. The van der Waals surface area contributed by atoms with Crippen molar-refractivity contribution in [2.24, 2.45) is 4.99 Å². The Bertz CT molecular complexity index is 1780. The SMILES string of the molecule is CCOC(=O)C1=C(C)N=c2s/c(=C/c3ccc(-c4ccccc4[N+](=O)[O-])o3)c(=O)n2[C@H]1c1ccc(Cl)cc1. The largest absolute Gasteiger partial charge is 0.463 e. The number of nitro groups is 1. The number of fused-ring (bicyclic) bond motifs is 1. The molecule has 4 aromatic rings. The number of allylic oxidation sites excluding steroid dienone is 1. The second-order valence-electron chi connectivity index (χ2n) is 8.33. The first-order valence-corrected chi connectivity index (χ1v) is 12.8. The van der Waals surface area contributed by atoms with Gasteiger partial charge < -0.3 is 9.15 Å². The summed E-state index contributed by atoms with van der Waals surface area (Å²) in [6, 6.07) is 15.6. The first-order valence-electron chi connectivity index (χ1n) is 11.6. The van der Waals surface area contributed by atoms with Crippen molar-refractivity contribution in [1.82, 2.24) is 4.57 Å². The molecule has 0 bridgehead atoms. The summed E-state index contributed by atoms with van der Waals surface area (Å²) in [5, 5.41) is 11.9. The number of hydrogen-bond donors (Lipinski definition) is 0. The number of rotatable bonds is 6. The minimum Gasteiger partial charge on any atom is -0.463 e. The maximum Gasteiger partial charge on any atom is 0.338 e. The Morgan fingerprint density at radius 3 is 2.66 bits per heavy atom. The molecule has 1 atom stereocenters. The molecule has 0 radical (unpaired) electrons. The van der Waals surface area contributed by atoms with Gasteiger partial charge in [-0.1, -0.05) is 47.2 Å². The molecule has 1 aliphatic heterocycles. The van der Waals surface area contributed by atoms with E-state index >= 15 is 0 Å². The topological polar surface area (TPSA) is 117 Å². The van der Waals surface area contributed by atoms with Crippen LogP contribution in [0.15, 0.2) is 86.1 Å². The fourth-order valence-corrected chi connectivity index (χ4v) is 5.45. The van der Waals surface area contributed by atoms with E-state index < -0.39 is 16.9 Å². The summed E-state index contributed by atoms with van der Waals surface area (Å²) < 4.78 is 12.9. The second kappa shape index (κ2) is 10.2. The summed E-state index contributed by atoms with van der Waals surface area (Å²) in [7, 11) is 0. The molecule has 0 N–H and O–H groups in total. The van der Waals surface area contributed by atoms with Crippen LogP contribution in [0.5, 0.6) is 0 Å². The highest BCUT2D eigenvalue weighted by Gasteiger charge is 2.33. The van der Waals surface area contributed by atoms with Crippen LogP contribution in [-0.2, 0) is 9.53 Å². The molecule has 0 saturated carbocycles. The number of carbonyl (C=O) groups excluding carboxylic acids is 1. The van der Waals surface area contributed by atoms with Crippen molar-refractivity contribution in [1.29, 1.82) is 0 Å². The standard InChI is InChI=1S/C27H20ClN3O6S/c1-3-36-26(33)23-15(2)29-27-30(24(23)16-8-10-17(28)11-9-16)25(32)22(38-27)14-18-12-13-21(37-18)19-6-4-5-7-20(19)31(34)35/h4-14,24H,3H2,1-2H3/b22-14+/t24-/m0/s1. The minimum atomic E-state index is -0.760. The van der Waals surface area contributed by atoms with Crippen molar-refractivity contribution >= 4 is 40.7 Å². The van der Waals surface area contributed by atoms with E-state index in [4.69, 9.17) is 20.8 Å². The molecule has 9 nitrogen and oxygen atoms in total. The van der Waals surface area contributed by atoms with Gasteiger partial charge in [-0.2, -0.15) is 0 Å². The molecule has 5 rings (SSSR count). The van der Waals surface area contributed by atoms with Crippen LogP contribution in [0, 0.1) is 10.1 Å². The summed E-state index contributed by atoms with van der Waals surface area (Å²) in [4.78, 5) is 42.5. The van der Waals surface area contributed by atoms with Crippen LogP contribution in [0.1, 0.15) is 31.2 Å². The highest BCUT2D eigenvalue weighted by molar-refractivity contribution is 7.07. The van der Waals surface area contributed by atoms with E-state index in [0.717, 1.165) is 11.3 Å². The molecule has 0 unspecified atom stereocenters. The number of halogens is 1. The first-order chi connectivity index (χ1) is 18.3.